The second-order valence-corrected chi connectivity index (χ2v) is 5.25. The molecule has 0 aromatic heterocycles. The van der Waals surface area contributed by atoms with Crippen molar-refractivity contribution < 1.29 is 13.9 Å². The van der Waals surface area contributed by atoms with E-state index in [1.165, 1.54) is 12.1 Å². The molecule has 1 unspecified atom stereocenters. The summed E-state index contributed by atoms with van der Waals surface area (Å²) in [5, 5.41) is 2.84. The lowest BCUT2D eigenvalue weighted by molar-refractivity contribution is -0.123. The minimum atomic E-state index is -0.321. The molecule has 5 heteroatoms. The zero-order chi connectivity index (χ0) is 14.5. The van der Waals surface area contributed by atoms with E-state index < -0.39 is 0 Å². The zero-order valence-electron chi connectivity index (χ0n) is 11.7. The number of rotatable bonds is 7. The summed E-state index contributed by atoms with van der Waals surface area (Å²) in [4.78, 5) is 11.6. The predicted octanol–water partition coefficient (Wildman–Crippen LogP) is 1.76. The van der Waals surface area contributed by atoms with E-state index in [9.17, 15) is 9.18 Å². The molecule has 0 aliphatic heterocycles. The third-order valence-corrected chi connectivity index (χ3v) is 3.33. The largest absolute Gasteiger partial charge is 0.483 e. The number of halogens is 1. The van der Waals surface area contributed by atoms with Gasteiger partial charge in [-0.05, 0) is 49.4 Å². The van der Waals surface area contributed by atoms with Gasteiger partial charge in [-0.1, -0.05) is 6.92 Å². The van der Waals surface area contributed by atoms with Crippen LogP contribution >= 0.6 is 0 Å². The molecule has 1 aliphatic carbocycles. The van der Waals surface area contributed by atoms with E-state index in [-0.39, 0.29) is 24.4 Å². The lowest BCUT2D eigenvalue weighted by atomic mass is 10.0. The van der Waals surface area contributed by atoms with E-state index in [0.29, 0.717) is 23.8 Å². The Morgan fingerprint density at radius 3 is 2.95 bits per heavy atom. The number of hydrogen-bond acceptors (Lipinski definition) is 3. The van der Waals surface area contributed by atoms with Gasteiger partial charge in [0.15, 0.2) is 6.61 Å². The number of carbonyl (C=O) groups excluding carboxylic acids is 1. The summed E-state index contributed by atoms with van der Waals surface area (Å²) in [6.07, 6.45) is 3.42. The highest BCUT2D eigenvalue weighted by Gasteiger charge is 2.23. The summed E-state index contributed by atoms with van der Waals surface area (Å²) in [5.41, 5.74) is 6.60. The molecule has 1 saturated carbocycles. The predicted molar refractivity (Wildman–Crippen MR) is 75.0 cm³/mol. The van der Waals surface area contributed by atoms with Crippen molar-refractivity contribution >= 4 is 5.91 Å². The van der Waals surface area contributed by atoms with Crippen molar-refractivity contribution in [3.63, 3.8) is 0 Å². The smallest absolute Gasteiger partial charge is 0.258 e. The van der Waals surface area contributed by atoms with Crippen LogP contribution in [-0.4, -0.2) is 24.6 Å². The number of nitrogens with one attached hydrogen (secondary N) is 1. The summed E-state index contributed by atoms with van der Waals surface area (Å²) >= 11 is 0. The van der Waals surface area contributed by atoms with E-state index in [0.717, 1.165) is 19.3 Å². The molecule has 1 fully saturated rings. The Labute approximate surface area is 118 Å². The SMILES string of the molecule is CCC(N)Cc1cc(F)ccc1OCC(=O)NC1CC1. The molecule has 1 aromatic carbocycles. The van der Waals surface area contributed by atoms with Crippen LogP contribution in [0.3, 0.4) is 0 Å². The number of benzene rings is 1. The Morgan fingerprint density at radius 2 is 2.30 bits per heavy atom. The van der Waals surface area contributed by atoms with Crippen LogP contribution in [0.5, 0.6) is 5.75 Å². The molecular weight excluding hydrogens is 259 g/mol. The van der Waals surface area contributed by atoms with Gasteiger partial charge in [-0.25, -0.2) is 4.39 Å². The topological polar surface area (TPSA) is 64.3 Å². The second-order valence-electron chi connectivity index (χ2n) is 5.25. The minimum Gasteiger partial charge on any atom is -0.483 e. The lowest BCUT2D eigenvalue weighted by Gasteiger charge is -2.14. The van der Waals surface area contributed by atoms with Crippen LogP contribution in [0.15, 0.2) is 18.2 Å². The molecule has 1 aromatic rings. The zero-order valence-corrected chi connectivity index (χ0v) is 11.7. The van der Waals surface area contributed by atoms with Crippen LogP contribution in [0, 0.1) is 5.82 Å². The summed E-state index contributed by atoms with van der Waals surface area (Å²) < 4.78 is 18.8. The van der Waals surface area contributed by atoms with E-state index in [1.807, 2.05) is 6.92 Å². The van der Waals surface area contributed by atoms with Crippen molar-refractivity contribution in [3.8, 4) is 5.75 Å². The average Bonchev–Trinajstić information content (AvgIpc) is 3.21. The fourth-order valence-electron chi connectivity index (χ4n) is 1.92. The molecule has 3 N–H and O–H groups in total. The van der Waals surface area contributed by atoms with Gasteiger partial charge in [0.1, 0.15) is 11.6 Å². The number of hydrogen-bond donors (Lipinski definition) is 2. The van der Waals surface area contributed by atoms with Gasteiger partial charge in [0.25, 0.3) is 5.91 Å². The fraction of sp³-hybridized carbons (Fsp3) is 0.533. The van der Waals surface area contributed by atoms with Crippen LogP contribution in [-0.2, 0) is 11.2 Å². The first-order valence-corrected chi connectivity index (χ1v) is 7.04. The van der Waals surface area contributed by atoms with Gasteiger partial charge in [-0.2, -0.15) is 0 Å². The molecule has 0 saturated heterocycles. The molecule has 4 nitrogen and oxygen atoms in total. The van der Waals surface area contributed by atoms with E-state index in [2.05, 4.69) is 5.32 Å². The minimum absolute atomic E-state index is 0.0422. The number of carbonyl (C=O) groups is 1. The number of amides is 1. The Balaban J connectivity index is 1.96. The summed E-state index contributed by atoms with van der Waals surface area (Å²) in [6, 6.07) is 4.57. The van der Waals surface area contributed by atoms with Crippen molar-refractivity contribution in [2.45, 2.75) is 44.7 Å². The molecular formula is C15H21FN2O2. The number of ether oxygens (including phenoxy) is 1. The van der Waals surface area contributed by atoms with Gasteiger partial charge in [-0.3, -0.25) is 4.79 Å². The standard InChI is InChI=1S/C15H21FN2O2/c1-2-12(17)8-10-7-11(16)3-6-14(10)20-9-15(19)18-13-4-5-13/h3,6-7,12-13H,2,4-5,8-9,17H2,1H3,(H,18,19). The Hall–Kier alpha value is -1.62. The average molecular weight is 280 g/mol. The van der Waals surface area contributed by atoms with Gasteiger partial charge >= 0.3 is 0 Å². The maximum absolute atomic E-state index is 13.3. The van der Waals surface area contributed by atoms with E-state index >= 15 is 0 Å². The van der Waals surface area contributed by atoms with Crippen molar-refractivity contribution in [1.29, 1.82) is 0 Å². The molecule has 1 atom stereocenters. The Morgan fingerprint density at radius 1 is 1.55 bits per heavy atom. The molecule has 0 heterocycles. The van der Waals surface area contributed by atoms with Crippen molar-refractivity contribution in [1.82, 2.24) is 5.32 Å². The van der Waals surface area contributed by atoms with Gasteiger partial charge in [0, 0.05) is 12.1 Å². The van der Waals surface area contributed by atoms with Crippen LogP contribution in [0.25, 0.3) is 0 Å². The summed E-state index contributed by atoms with van der Waals surface area (Å²) in [5.74, 6) is 0.0712. The van der Waals surface area contributed by atoms with E-state index in [1.54, 1.807) is 6.07 Å². The quantitative estimate of drug-likeness (QED) is 0.800. The molecule has 1 amide bonds. The first-order valence-electron chi connectivity index (χ1n) is 7.04. The maximum atomic E-state index is 13.3. The van der Waals surface area contributed by atoms with Gasteiger partial charge in [0.05, 0.1) is 0 Å². The van der Waals surface area contributed by atoms with E-state index in [4.69, 9.17) is 10.5 Å². The van der Waals surface area contributed by atoms with Crippen LogP contribution < -0.4 is 15.8 Å². The number of nitrogens with two attached hydrogens (primary N) is 1. The fourth-order valence-corrected chi connectivity index (χ4v) is 1.92. The normalized spacial score (nSPS) is 15.8. The summed E-state index contributed by atoms with van der Waals surface area (Å²) in [6.45, 7) is 1.93. The highest BCUT2D eigenvalue weighted by atomic mass is 19.1. The molecule has 20 heavy (non-hydrogen) atoms. The monoisotopic (exact) mass is 280 g/mol. The van der Waals surface area contributed by atoms with Crippen molar-refractivity contribution in [2.24, 2.45) is 5.73 Å². The van der Waals surface area contributed by atoms with Gasteiger partial charge in [0.2, 0.25) is 0 Å². The highest BCUT2D eigenvalue weighted by Crippen LogP contribution is 2.22. The van der Waals surface area contributed by atoms with Crippen LogP contribution in [0.2, 0.25) is 0 Å². The van der Waals surface area contributed by atoms with Crippen LogP contribution in [0.4, 0.5) is 4.39 Å². The molecule has 0 spiro atoms. The maximum Gasteiger partial charge on any atom is 0.258 e. The van der Waals surface area contributed by atoms with Crippen molar-refractivity contribution in [3.05, 3.63) is 29.6 Å². The third kappa shape index (κ3) is 4.49. The Kier molecular flexibility index (Phi) is 4.95. The molecule has 0 bridgehead atoms. The molecule has 1 aliphatic rings. The Bertz CT molecular complexity index is 475. The third-order valence-electron chi connectivity index (χ3n) is 3.33. The van der Waals surface area contributed by atoms with Gasteiger partial charge in [-0.15, -0.1) is 0 Å². The second kappa shape index (κ2) is 6.70. The molecule has 0 radical (unpaired) electrons. The first-order chi connectivity index (χ1) is 9.58. The first kappa shape index (κ1) is 14.8. The van der Waals surface area contributed by atoms with Crippen LogP contribution in [0.1, 0.15) is 31.7 Å². The van der Waals surface area contributed by atoms with Crippen molar-refractivity contribution in [2.75, 3.05) is 6.61 Å². The summed E-state index contributed by atoms with van der Waals surface area (Å²) in [7, 11) is 0. The lowest BCUT2D eigenvalue weighted by Crippen LogP contribution is -2.30. The molecule has 110 valence electrons. The highest BCUT2D eigenvalue weighted by molar-refractivity contribution is 5.78. The van der Waals surface area contributed by atoms with Gasteiger partial charge < -0.3 is 15.8 Å². The molecule has 2 rings (SSSR count).